The maximum atomic E-state index is 6.36. The third-order valence-corrected chi connectivity index (χ3v) is 15.5. The summed E-state index contributed by atoms with van der Waals surface area (Å²) in [5.74, 6) is 0. The molecule has 2 heterocycles. The average molecular weight is 885 g/mol. The van der Waals surface area contributed by atoms with Crippen LogP contribution in [0.3, 0.4) is 0 Å². The molecule has 0 radical (unpaired) electrons. The molecule has 3 nitrogen and oxygen atoms in total. The maximum absolute atomic E-state index is 6.36. The summed E-state index contributed by atoms with van der Waals surface area (Å²) >= 11 is 0. The first kappa shape index (κ1) is 39.7. The van der Waals surface area contributed by atoms with Gasteiger partial charge in [0.1, 0.15) is 11.2 Å². The number of hydrogen-bond acceptors (Lipinski definition) is 2. The Morgan fingerprint density at radius 1 is 0.377 bits per heavy atom. The molecule has 0 unspecified atom stereocenters. The lowest BCUT2D eigenvalue weighted by atomic mass is 9.75. The van der Waals surface area contributed by atoms with Crippen molar-refractivity contribution in [1.29, 1.82) is 0 Å². The van der Waals surface area contributed by atoms with Gasteiger partial charge in [0.25, 0.3) is 0 Å². The predicted molar refractivity (Wildman–Crippen MR) is 290 cm³/mol. The SMILES string of the molecule is CC1(C)C2=C(c3ccccc31)C(C)(C)c1cc(-c3ccc(N(c4ccc5oc6ccccc6c5c4)c4ccc5c(c4)c4c6ccccc6ccc4n5-c4ccc(-c5ccccc5)cc4)cc3)ccc12. The smallest absolute Gasteiger partial charge is 0.135 e. The molecule has 2 aliphatic carbocycles. The molecule has 14 rings (SSSR count). The summed E-state index contributed by atoms with van der Waals surface area (Å²) in [6, 6.07) is 80.3. The van der Waals surface area contributed by atoms with Gasteiger partial charge < -0.3 is 13.9 Å². The molecule has 0 aliphatic heterocycles. The molecule has 0 amide bonds. The summed E-state index contributed by atoms with van der Waals surface area (Å²) in [7, 11) is 0. The molecule has 10 aromatic carbocycles. The third kappa shape index (κ3) is 5.80. The fourth-order valence-electron chi connectivity index (χ4n) is 12.3. The van der Waals surface area contributed by atoms with E-state index in [1.54, 1.807) is 0 Å². The summed E-state index contributed by atoms with van der Waals surface area (Å²) in [6.07, 6.45) is 0. The second-order valence-electron chi connectivity index (χ2n) is 20.1. The lowest BCUT2D eigenvalue weighted by Gasteiger charge is -2.28. The molecule has 0 fully saturated rings. The topological polar surface area (TPSA) is 21.3 Å². The van der Waals surface area contributed by atoms with Crippen LogP contribution in [0.2, 0.25) is 0 Å². The average Bonchev–Trinajstić information content (AvgIpc) is 4.08. The Morgan fingerprint density at radius 2 is 0.942 bits per heavy atom. The summed E-state index contributed by atoms with van der Waals surface area (Å²) in [4.78, 5) is 2.41. The van der Waals surface area contributed by atoms with Crippen molar-refractivity contribution in [2.24, 2.45) is 0 Å². The number of hydrogen-bond donors (Lipinski definition) is 0. The lowest BCUT2D eigenvalue weighted by molar-refractivity contribution is 0.669. The number of anilines is 3. The molecular weight excluding hydrogens is 837 g/mol. The van der Waals surface area contributed by atoms with Crippen LogP contribution in [0, 0.1) is 0 Å². The highest BCUT2D eigenvalue weighted by molar-refractivity contribution is 6.22. The molecule has 0 saturated carbocycles. The van der Waals surface area contributed by atoms with E-state index in [1.165, 1.54) is 82.7 Å². The van der Waals surface area contributed by atoms with Gasteiger partial charge in [0.2, 0.25) is 0 Å². The number of aromatic nitrogens is 1. The number of benzene rings is 10. The van der Waals surface area contributed by atoms with E-state index in [2.05, 4.69) is 249 Å². The predicted octanol–water partition coefficient (Wildman–Crippen LogP) is 18.1. The van der Waals surface area contributed by atoms with Crippen LogP contribution in [-0.4, -0.2) is 4.57 Å². The third-order valence-electron chi connectivity index (χ3n) is 15.5. The molecule has 2 aromatic heterocycles. The van der Waals surface area contributed by atoms with E-state index < -0.39 is 0 Å². The molecule has 69 heavy (non-hydrogen) atoms. The highest BCUT2D eigenvalue weighted by Crippen LogP contribution is 2.62. The minimum Gasteiger partial charge on any atom is -0.456 e. The summed E-state index contributed by atoms with van der Waals surface area (Å²) in [5, 5.41) is 7.12. The molecule has 12 aromatic rings. The van der Waals surface area contributed by atoms with E-state index in [-0.39, 0.29) is 10.8 Å². The molecule has 0 atom stereocenters. The Labute approximate surface area is 401 Å². The van der Waals surface area contributed by atoms with Crippen molar-refractivity contribution in [1.82, 2.24) is 4.57 Å². The van der Waals surface area contributed by atoms with Gasteiger partial charge in [-0.1, -0.05) is 167 Å². The van der Waals surface area contributed by atoms with Gasteiger partial charge in [-0.15, -0.1) is 0 Å². The van der Waals surface area contributed by atoms with E-state index in [0.29, 0.717) is 0 Å². The highest BCUT2D eigenvalue weighted by Gasteiger charge is 2.49. The van der Waals surface area contributed by atoms with Crippen LogP contribution in [0.5, 0.6) is 0 Å². The van der Waals surface area contributed by atoms with Crippen LogP contribution < -0.4 is 4.90 Å². The fraction of sp³-hybridized carbons (Fsp3) is 0.0909. The maximum Gasteiger partial charge on any atom is 0.135 e. The standard InChI is InChI=1S/C66H48N2O/c1-65(2)56-20-12-10-19-52(56)63-64(65)53-34-26-45(38-57(53)66(63,3)4)43-24-28-46(29-25-43)67(49-33-37-61-54(39-49)51-18-11-13-21-60(51)69-61)48-32-36-58-55(40-48)62-50-17-9-8-16-44(50)27-35-59(62)68(58)47-30-22-42(23-31-47)41-14-6-5-7-15-41/h5-40H,1-4H3. The minimum absolute atomic E-state index is 0.0496. The Morgan fingerprint density at radius 3 is 1.75 bits per heavy atom. The summed E-state index contributed by atoms with van der Waals surface area (Å²) in [6.45, 7) is 9.62. The molecule has 0 saturated heterocycles. The summed E-state index contributed by atoms with van der Waals surface area (Å²) < 4.78 is 8.79. The van der Waals surface area contributed by atoms with Crippen LogP contribution in [0.4, 0.5) is 17.1 Å². The Kier molecular flexibility index (Phi) is 8.38. The van der Waals surface area contributed by atoms with Gasteiger partial charge in [0, 0.05) is 55.1 Å². The summed E-state index contributed by atoms with van der Waals surface area (Å²) in [5.41, 5.74) is 21.8. The van der Waals surface area contributed by atoms with Gasteiger partial charge in [-0.05, 0) is 145 Å². The Hall–Kier alpha value is -8.40. The molecule has 328 valence electrons. The van der Waals surface area contributed by atoms with Crippen molar-refractivity contribution in [3.8, 4) is 27.9 Å². The number of allylic oxidation sites excluding steroid dienone is 2. The number of para-hydroxylation sites is 1. The van der Waals surface area contributed by atoms with Crippen molar-refractivity contribution in [2.45, 2.75) is 38.5 Å². The van der Waals surface area contributed by atoms with Gasteiger partial charge in [0.15, 0.2) is 0 Å². The Balaban J connectivity index is 0.920. The van der Waals surface area contributed by atoms with Gasteiger partial charge >= 0.3 is 0 Å². The van der Waals surface area contributed by atoms with Crippen molar-refractivity contribution in [3.05, 3.63) is 241 Å². The van der Waals surface area contributed by atoms with Gasteiger partial charge in [-0.2, -0.15) is 0 Å². The van der Waals surface area contributed by atoms with Crippen molar-refractivity contribution in [2.75, 3.05) is 4.90 Å². The van der Waals surface area contributed by atoms with Crippen LogP contribution in [0.15, 0.2) is 223 Å². The molecular formula is C66H48N2O. The van der Waals surface area contributed by atoms with Gasteiger partial charge in [-0.3, -0.25) is 0 Å². The zero-order valence-electron chi connectivity index (χ0n) is 39.1. The first-order chi connectivity index (χ1) is 33.7. The molecule has 0 spiro atoms. The number of nitrogens with zero attached hydrogens (tertiary/aromatic N) is 2. The zero-order valence-corrected chi connectivity index (χ0v) is 39.1. The van der Waals surface area contributed by atoms with Crippen molar-refractivity contribution in [3.63, 3.8) is 0 Å². The van der Waals surface area contributed by atoms with E-state index >= 15 is 0 Å². The molecule has 3 heteroatoms. The van der Waals surface area contributed by atoms with Crippen LogP contribution in [-0.2, 0) is 10.8 Å². The molecule has 0 bridgehead atoms. The number of fused-ring (bicyclic) bond motifs is 12. The Bertz CT molecular complexity index is 4110. The van der Waals surface area contributed by atoms with E-state index in [1.807, 2.05) is 6.07 Å². The highest BCUT2D eigenvalue weighted by atomic mass is 16.3. The quantitative estimate of drug-likeness (QED) is 0.166. The van der Waals surface area contributed by atoms with Crippen LogP contribution >= 0.6 is 0 Å². The normalized spacial score (nSPS) is 14.6. The van der Waals surface area contributed by atoms with Crippen LogP contribution in [0.25, 0.3) is 93.6 Å². The van der Waals surface area contributed by atoms with E-state index in [9.17, 15) is 0 Å². The second-order valence-corrected chi connectivity index (χ2v) is 20.1. The zero-order chi connectivity index (χ0) is 46.2. The van der Waals surface area contributed by atoms with Gasteiger partial charge in [-0.25, -0.2) is 0 Å². The number of furan rings is 1. The van der Waals surface area contributed by atoms with Gasteiger partial charge in [0.05, 0.1) is 11.0 Å². The molecule has 0 N–H and O–H groups in total. The van der Waals surface area contributed by atoms with Crippen molar-refractivity contribution >= 4 is 82.7 Å². The van der Waals surface area contributed by atoms with E-state index in [4.69, 9.17) is 4.42 Å². The van der Waals surface area contributed by atoms with Crippen molar-refractivity contribution < 1.29 is 4.42 Å². The number of rotatable bonds is 6. The first-order valence-corrected chi connectivity index (χ1v) is 24.2. The lowest BCUT2D eigenvalue weighted by Crippen LogP contribution is -2.19. The first-order valence-electron chi connectivity index (χ1n) is 24.2. The van der Waals surface area contributed by atoms with Crippen LogP contribution in [0.1, 0.15) is 49.9 Å². The monoisotopic (exact) mass is 884 g/mol. The molecule has 2 aliphatic rings. The fourth-order valence-corrected chi connectivity index (χ4v) is 12.3. The van der Waals surface area contributed by atoms with E-state index in [0.717, 1.165) is 50.2 Å². The largest absolute Gasteiger partial charge is 0.456 e. The minimum atomic E-state index is -0.115. The second kappa shape index (κ2) is 14.6.